The second-order valence-corrected chi connectivity index (χ2v) is 10.3. The molecule has 2 fully saturated rings. The Morgan fingerprint density at radius 2 is 1.90 bits per heavy atom. The fourth-order valence-corrected chi connectivity index (χ4v) is 6.77. The lowest BCUT2D eigenvalue weighted by Gasteiger charge is -2.28. The highest BCUT2D eigenvalue weighted by Crippen LogP contribution is 2.49. The van der Waals surface area contributed by atoms with Crippen molar-refractivity contribution in [1.82, 2.24) is 5.32 Å². The van der Waals surface area contributed by atoms with E-state index >= 15 is 0 Å². The number of anilines is 1. The summed E-state index contributed by atoms with van der Waals surface area (Å²) in [5, 5.41) is 3.24. The molecule has 4 nitrogen and oxygen atoms in total. The third kappa shape index (κ3) is 4.12. The van der Waals surface area contributed by atoms with Crippen LogP contribution in [-0.2, 0) is 11.2 Å². The van der Waals surface area contributed by atoms with Crippen LogP contribution in [0.3, 0.4) is 0 Å². The second-order valence-electron chi connectivity index (χ2n) is 9.32. The Hall–Kier alpha value is -2.27. The highest BCUT2D eigenvalue weighted by Gasteiger charge is 2.42. The molecule has 2 aliphatic carbocycles. The van der Waals surface area contributed by atoms with Crippen LogP contribution in [0.2, 0.25) is 0 Å². The first-order valence-electron chi connectivity index (χ1n) is 11.5. The first-order chi connectivity index (χ1) is 15.1. The minimum Gasteiger partial charge on any atom is -0.353 e. The van der Waals surface area contributed by atoms with Gasteiger partial charge in [-0.05, 0) is 74.1 Å². The van der Waals surface area contributed by atoms with Gasteiger partial charge in [0.1, 0.15) is 0 Å². The molecule has 2 aromatic rings. The summed E-state index contributed by atoms with van der Waals surface area (Å²) in [6.07, 6.45) is 6.23. The van der Waals surface area contributed by atoms with Crippen LogP contribution in [-0.4, -0.2) is 30.2 Å². The topological polar surface area (TPSA) is 49.4 Å². The molecule has 2 aromatic carbocycles. The van der Waals surface area contributed by atoms with Gasteiger partial charge in [-0.25, -0.2) is 0 Å². The Bertz CT molecular complexity index is 991. The third-order valence-electron chi connectivity index (χ3n) is 7.43. The van der Waals surface area contributed by atoms with E-state index in [1.54, 1.807) is 0 Å². The molecule has 0 radical (unpaired) electrons. The molecule has 2 saturated carbocycles. The predicted molar refractivity (Wildman–Crippen MR) is 126 cm³/mol. The Morgan fingerprint density at radius 1 is 1.10 bits per heavy atom. The number of fused-ring (bicyclic) bond motifs is 3. The van der Waals surface area contributed by atoms with Crippen LogP contribution in [0.1, 0.15) is 48.5 Å². The second kappa shape index (κ2) is 8.70. The molecular formula is C26H30N2O2S. The summed E-state index contributed by atoms with van der Waals surface area (Å²) in [6, 6.07) is 16.0. The van der Waals surface area contributed by atoms with Crippen molar-refractivity contribution in [2.24, 2.45) is 17.8 Å². The number of carbonyl (C=O) groups is 2. The van der Waals surface area contributed by atoms with E-state index in [-0.39, 0.29) is 17.9 Å². The highest BCUT2D eigenvalue weighted by atomic mass is 32.2. The zero-order chi connectivity index (χ0) is 21.4. The van der Waals surface area contributed by atoms with Gasteiger partial charge < -0.3 is 10.2 Å². The first kappa shape index (κ1) is 20.6. The molecule has 31 heavy (non-hydrogen) atoms. The van der Waals surface area contributed by atoms with Crippen molar-refractivity contribution >= 4 is 29.3 Å². The van der Waals surface area contributed by atoms with Gasteiger partial charge in [0, 0.05) is 23.2 Å². The van der Waals surface area contributed by atoms with Crippen LogP contribution in [0.25, 0.3) is 0 Å². The van der Waals surface area contributed by atoms with E-state index in [2.05, 4.69) is 18.3 Å². The number of amides is 2. The molecule has 4 atom stereocenters. The van der Waals surface area contributed by atoms with Crippen LogP contribution < -0.4 is 10.2 Å². The Morgan fingerprint density at radius 3 is 2.71 bits per heavy atom. The zero-order valence-electron chi connectivity index (χ0n) is 18.0. The molecule has 0 spiro atoms. The lowest BCUT2D eigenvalue weighted by atomic mass is 9.84. The summed E-state index contributed by atoms with van der Waals surface area (Å²) < 4.78 is 0. The van der Waals surface area contributed by atoms with Crippen molar-refractivity contribution in [3.05, 3.63) is 59.7 Å². The van der Waals surface area contributed by atoms with Gasteiger partial charge in [0.2, 0.25) is 5.91 Å². The van der Waals surface area contributed by atoms with Gasteiger partial charge >= 0.3 is 0 Å². The fourth-order valence-electron chi connectivity index (χ4n) is 5.92. The number of hydrogen-bond acceptors (Lipinski definition) is 3. The van der Waals surface area contributed by atoms with Crippen molar-refractivity contribution in [3.63, 3.8) is 0 Å². The summed E-state index contributed by atoms with van der Waals surface area (Å²) in [7, 11) is 0. The SMILES string of the molecule is C[C@@H](NC(=O)CSc1ccccc1C(=O)N1CCc2ccccc21)[C@H]1C[C@H]2CC[C@H]1C2. The Kier molecular flexibility index (Phi) is 5.79. The summed E-state index contributed by atoms with van der Waals surface area (Å²) in [5.41, 5.74) is 2.90. The van der Waals surface area contributed by atoms with E-state index < -0.39 is 0 Å². The van der Waals surface area contributed by atoms with Crippen LogP contribution >= 0.6 is 11.8 Å². The fraction of sp³-hybridized carbons (Fsp3) is 0.462. The lowest BCUT2D eigenvalue weighted by Crippen LogP contribution is -2.40. The monoisotopic (exact) mass is 434 g/mol. The maximum Gasteiger partial charge on any atom is 0.259 e. The van der Waals surface area contributed by atoms with Crippen molar-refractivity contribution in [1.29, 1.82) is 0 Å². The largest absolute Gasteiger partial charge is 0.353 e. The van der Waals surface area contributed by atoms with Gasteiger partial charge in [-0.2, -0.15) is 0 Å². The number of benzene rings is 2. The number of nitrogens with zero attached hydrogens (tertiary/aromatic N) is 1. The van der Waals surface area contributed by atoms with Gasteiger partial charge in [-0.3, -0.25) is 9.59 Å². The van der Waals surface area contributed by atoms with E-state index in [4.69, 9.17) is 0 Å². The van der Waals surface area contributed by atoms with Crippen molar-refractivity contribution in [3.8, 4) is 0 Å². The summed E-state index contributed by atoms with van der Waals surface area (Å²) in [4.78, 5) is 28.7. The van der Waals surface area contributed by atoms with Crippen LogP contribution in [0, 0.1) is 17.8 Å². The molecule has 2 amide bonds. The quantitative estimate of drug-likeness (QED) is 0.657. The summed E-state index contributed by atoms with van der Waals surface area (Å²) in [6.45, 7) is 2.87. The maximum absolute atomic E-state index is 13.3. The number of hydrogen-bond donors (Lipinski definition) is 1. The molecule has 1 N–H and O–H groups in total. The standard InChI is InChI=1S/C26H30N2O2S/c1-17(22-15-18-10-11-20(22)14-18)27-25(29)16-31-24-9-5-3-7-21(24)26(30)28-13-12-19-6-2-4-8-23(19)28/h2-9,17-18,20,22H,10-16H2,1H3,(H,27,29)/t17-,18+,20+,22-/m1/s1. The predicted octanol–water partition coefficient (Wildman–Crippen LogP) is 4.92. The van der Waals surface area contributed by atoms with Gasteiger partial charge in [-0.15, -0.1) is 11.8 Å². The molecule has 0 saturated heterocycles. The zero-order valence-corrected chi connectivity index (χ0v) is 18.9. The summed E-state index contributed by atoms with van der Waals surface area (Å²) >= 11 is 1.46. The molecular weight excluding hydrogens is 404 g/mol. The molecule has 5 rings (SSSR count). The molecule has 5 heteroatoms. The molecule has 162 valence electrons. The van der Waals surface area contributed by atoms with Crippen molar-refractivity contribution in [2.75, 3.05) is 17.2 Å². The van der Waals surface area contributed by atoms with E-state index in [9.17, 15) is 9.59 Å². The summed E-state index contributed by atoms with van der Waals surface area (Å²) in [5.74, 6) is 2.74. The average Bonchev–Trinajstić information content (AvgIpc) is 3.53. The Labute approximate surface area is 188 Å². The van der Waals surface area contributed by atoms with E-state index in [0.717, 1.165) is 28.8 Å². The van der Waals surface area contributed by atoms with Gasteiger partial charge in [0.05, 0.1) is 11.3 Å². The third-order valence-corrected chi connectivity index (χ3v) is 8.51. The molecule has 0 aromatic heterocycles. The molecule has 1 aliphatic heterocycles. The number of nitrogens with one attached hydrogen (secondary N) is 1. The lowest BCUT2D eigenvalue weighted by molar-refractivity contribution is -0.119. The minimum absolute atomic E-state index is 0.0174. The average molecular weight is 435 g/mol. The molecule has 3 aliphatic rings. The first-order valence-corrected chi connectivity index (χ1v) is 12.5. The Balaban J connectivity index is 1.22. The number of thioether (sulfide) groups is 1. The maximum atomic E-state index is 13.3. The van der Waals surface area contributed by atoms with Crippen molar-refractivity contribution < 1.29 is 9.59 Å². The van der Waals surface area contributed by atoms with Gasteiger partial charge in [0.25, 0.3) is 5.91 Å². The number of carbonyl (C=O) groups excluding carboxylic acids is 2. The van der Waals surface area contributed by atoms with E-state index in [1.807, 2.05) is 47.4 Å². The van der Waals surface area contributed by atoms with Crippen LogP contribution in [0.4, 0.5) is 5.69 Å². The van der Waals surface area contributed by atoms with Crippen LogP contribution in [0.5, 0.6) is 0 Å². The molecule has 2 bridgehead atoms. The molecule has 0 unspecified atom stereocenters. The van der Waals surface area contributed by atoms with Crippen LogP contribution in [0.15, 0.2) is 53.4 Å². The highest BCUT2D eigenvalue weighted by molar-refractivity contribution is 8.00. The number of rotatable bonds is 6. The van der Waals surface area contributed by atoms with Crippen molar-refractivity contribution in [2.45, 2.75) is 50.0 Å². The number of para-hydroxylation sites is 1. The van der Waals surface area contributed by atoms with E-state index in [0.29, 0.717) is 23.8 Å². The smallest absolute Gasteiger partial charge is 0.259 e. The minimum atomic E-state index is 0.0174. The normalized spacial score (nSPS) is 24.8. The van der Waals surface area contributed by atoms with Gasteiger partial charge in [0.15, 0.2) is 0 Å². The van der Waals surface area contributed by atoms with E-state index in [1.165, 1.54) is 43.0 Å². The van der Waals surface area contributed by atoms with Gasteiger partial charge in [-0.1, -0.05) is 36.8 Å². The molecule has 1 heterocycles.